The quantitative estimate of drug-likeness (QED) is 0.678. The Morgan fingerprint density at radius 2 is 2.27 bits per heavy atom. The summed E-state index contributed by atoms with van der Waals surface area (Å²) < 4.78 is 0. The number of tetrazole rings is 1. The van der Waals surface area contributed by atoms with Gasteiger partial charge in [0, 0.05) is 6.42 Å². The van der Waals surface area contributed by atoms with Crippen LogP contribution in [0.1, 0.15) is 38.4 Å². The van der Waals surface area contributed by atoms with Gasteiger partial charge in [-0.15, -0.1) is 10.2 Å². The summed E-state index contributed by atoms with van der Waals surface area (Å²) >= 11 is 0. The number of unbranched alkanes of at least 4 members (excludes halogenated alkanes) is 2. The minimum absolute atomic E-state index is 0.0562. The van der Waals surface area contributed by atoms with Crippen molar-refractivity contribution in [1.29, 1.82) is 0 Å². The lowest BCUT2D eigenvalue weighted by Crippen LogP contribution is -2.03. The van der Waals surface area contributed by atoms with E-state index < -0.39 is 5.97 Å². The first-order valence-electron chi connectivity index (χ1n) is 5.21. The molecule has 1 heterocycles. The first-order chi connectivity index (χ1) is 7.22. The second kappa shape index (κ2) is 6.10. The zero-order valence-electron chi connectivity index (χ0n) is 8.89. The van der Waals surface area contributed by atoms with Gasteiger partial charge in [-0.2, -0.15) is 4.80 Å². The van der Waals surface area contributed by atoms with Gasteiger partial charge in [-0.25, -0.2) is 0 Å². The van der Waals surface area contributed by atoms with Gasteiger partial charge in [0.15, 0.2) is 5.82 Å². The molecule has 0 saturated carbocycles. The maximum atomic E-state index is 10.3. The highest BCUT2D eigenvalue weighted by molar-refractivity contribution is 5.66. The smallest absolute Gasteiger partial charge is 0.303 e. The van der Waals surface area contributed by atoms with E-state index in [4.69, 9.17) is 5.11 Å². The van der Waals surface area contributed by atoms with Crippen LogP contribution in [-0.2, 0) is 17.8 Å². The molecule has 0 unspecified atom stereocenters. The van der Waals surface area contributed by atoms with Crippen molar-refractivity contribution in [3.63, 3.8) is 0 Å². The number of rotatable bonds is 7. The van der Waals surface area contributed by atoms with E-state index in [0.29, 0.717) is 12.2 Å². The largest absolute Gasteiger partial charge is 0.481 e. The highest BCUT2D eigenvalue weighted by atomic mass is 16.4. The summed E-state index contributed by atoms with van der Waals surface area (Å²) in [5, 5.41) is 20.2. The first-order valence-corrected chi connectivity index (χ1v) is 5.21. The number of nitrogens with zero attached hydrogens (tertiary/aromatic N) is 4. The molecule has 0 radical (unpaired) electrons. The fourth-order valence-electron chi connectivity index (χ4n) is 1.19. The summed E-state index contributed by atoms with van der Waals surface area (Å²) in [7, 11) is 0. The number of hydrogen-bond donors (Lipinski definition) is 1. The van der Waals surface area contributed by atoms with E-state index in [-0.39, 0.29) is 6.42 Å². The summed E-state index contributed by atoms with van der Waals surface area (Å²) in [5.41, 5.74) is 0. The second-order valence-corrected chi connectivity index (χ2v) is 3.40. The molecule has 0 aliphatic heterocycles. The number of carboxylic acids is 1. The van der Waals surface area contributed by atoms with Gasteiger partial charge >= 0.3 is 5.97 Å². The van der Waals surface area contributed by atoms with Crippen molar-refractivity contribution < 1.29 is 9.90 Å². The normalized spacial score (nSPS) is 10.5. The molecule has 0 aliphatic carbocycles. The zero-order chi connectivity index (χ0) is 11.1. The van der Waals surface area contributed by atoms with Crippen LogP contribution in [0.25, 0.3) is 0 Å². The van der Waals surface area contributed by atoms with E-state index in [1.165, 1.54) is 4.80 Å². The van der Waals surface area contributed by atoms with Gasteiger partial charge in [-0.3, -0.25) is 4.79 Å². The predicted octanol–water partition coefficient (Wildman–Crippen LogP) is 0.881. The molecular weight excluding hydrogens is 196 g/mol. The lowest BCUT2D eigenvalue weighted by atomic mass is 10.2. The molecule has 1 aromatic heterocycles. The number of carboxylic acid groups (broad SMARTS) is 1. The minimum atomic E-state index is -0.836. The van der Waals surface area contributed by atoms with Gasteiger partial charge in [0.1, 0.15) is 0 Å². The maximum absolute atomic E-state index is 10.3. The van der Waals surface area contributed by atoms with Gasteiger partial charge in [0.25, 0.3) is 0 Å². The first kappa shape index (κ1) is 11.6. The van der Waals surface area contributed by atoms with E-state index >= 15 is 0 Å². The van der Waals surface area contributed by atoms with E-state index in [0.717, 1.165) is 25.8 Å². The third-order valence-electron chi connectivity index (χ3n) is 2.02. The Morgan fingerprint density at radius 1 is 1.47 bits per heavy atom. The Labute approximate surface area is 88.3 Å². The Bertz CT molecular complexity index is 311. The van der Waals surface area contributed by atoms with Crippen LogP contribution in [0.4, 0.5) is 0 Å². The number of aryl methyl sites for hydroxylation is 2. The van der Waals surface area contributed by atoms with E-state index in [9.17, 15) is 4.79 Å². The molecule has 1 N–H and O–H groups in total. The molecule has 1 aromatic rings. The molecule has 6 nitrogen and oxygen atoms in total. The Balaban J connectivity index is 2.32. The molecular formula is C9H16N4O2. The summed E-state index contributed by atoms with van der Waals surface area (Å²) in [6.07, 6.45) is 3.74. The minimum Gasteiger partial charge on any atom is -0.481 e. The van der Waals surface area contributed by atoms with Crippen LogP contribution >= 0.6 is 0 Å². The zero-order valence-corrected chi connectivity index (χ0v) is 8.89. The molecule has 0 spiro atoms. The van der Waals surface area contributed by atoms with Crippen LogP contribution in [0, 0.1) is 0 Å². The molecule has 0 aromatic carbocycles. The molecule has 1 rings (SSSR count). The van der Waals surface area contributed by atoms with Crippen LogP contribution in [0.2, 0.25) is 0 Å². The molecule has 0 bridgehead atoms. The van der Waals surface area contributed by atoms with Gasteiger partial charge in [0.2, 0.25) is 0 Å². The third kappa shape index (κ3) is 4.53. The van der Waals surface area contributed by atoms with Crippen LogP contribution < -0.4 is 0 Å². The average Bonchev–Trinajstić information content (AvgIpc) is 2.63. The maximum Gasteiger partial charge on any atom is 0.303 e. The van der Waals surface area contributed by atoms with Crippen molar-refractivity contribution in [2.24, 2.45) is 0 Å². The van der Waals surface area contributed by atoms with Crippen molar-refractivity contribution in [2.75, 3.05) is 0 Å². The molecule has 0 saturated heterocycles. The highest BCUT2D eigenvalue weighted by Crippen LogP contribution is 1.97. The van der Waals surface area contributed by atoms with Crippen molar-refractivity contribution in [1.82, 2.24) is 20.2 Å². The molecule has 15 heavy (non-hydrogen) atoms. The summed E-state index contributed by atoms with van der Waals surface area (Å²) in [6, 6.07) is 0. The van der Waals surface area contributed by atoms with E-state index in [1.54, 1.807) is 0 Å². The van der Waals surface area contributed by atoms with Gasteiger partial charge in [-0.1, -0.05) is 19.8 Å². The molecule has 0 fully saturated rings. The van der Waals surface area contributed by atoms with Crippen molar-refractivity contribution in [3.8, 4) is 0 Å². The predicted molar refractivity (Wildman–Crippen MR) is 53.3 cm³/mol. The lowest BCUT2D eigenvalue weighted by Gasteiger charge is -1.95. The van der Waals surface area contributed by atoms with E-state index in [1.807, 2.05) is 0 Å². The monoisotopic (exact) mass is 212 g/mol. The summed E-state index contributed by atoms with van der Waals surface area (Å²) in [6.45, 7) is 2.89. The summed E-state index contributed by atoms with van der Waals surface area (Å²) in [5.74, 6) is -0.328. The standard InChI is InChI=1S/C9H16N4O2/c1-2-3-4-7-13-11-8(10-12-13)5-6-9(14)15/h2-7H2,1H3,(H,14,15). The molecule has 0 atom stereocenters. The molecule has 6 heteroatoms. The van der Waals surface area contributed by atoms with Crippen LogP contribution in [-0.4, -0.2) is 31.3 Å². The molecule has 0 aliphatic rings. The van der Waals surface area contributed by atoms with Crippen molar-refractivity contribution in [2.45, 2.75) is 45.6 Å². The fraction of sp³-hybridized carbons (Fsp3) is 0.778. The van der Waals surface area contributed by atoms with Gasteiger partial charge < -0.3 is 5.11 Å². The highest BCUT2D eigenvalue weighted by Gasteiger charge is 2.05. The number of aromatic nitrogens is 4. The van der Waals surface area contributed by atoms with Gasteiger partial charge in [-0.05, 0) is 11.6 Å². The third-order valence-corrected chi connectivity index (χ3v) is 2.02. The Kier molecular flexibility index (Phi) is 4.73. The molecule has 0 amide bonds. The van der Waals surface area contributed by atoms with Crippen LogP contribution in [0.15, 0.2) is 0 Å². The lowest BCUT2D eigenvalue weighted by molar-refractivity contribution is -0.137. The topological polar surface area (TPSA) is 80.9 Å². The van der Waals surface area contributed by atoms with E-state index in [2.05, 4.69) is 22.3 Å². The Hall–Kier alpha value is -1.46. The van der Waals surface area contributed by atoms with Crippen molar-refractivity contribution >= 4 is 5.97 Å². The van der Waals surface area contributed by atoms with Gasteiger partial charge in [0.05, 0.1) is 13.0 Å². The number of aliphatic carboxylic acids is 1. The average molecular weight is 212 g/mol. The summed E-state index contributed by atoms with van der Waals surface area (Å²) in [4.78, 5) is 11.8. The fourth-order valence-corrected chi connectivity index (χ4v) is 1.19. The second-order valence-electron chi connectivity index (χ2n) is 3.40. The molecule has 84 valence electrons. The number of carbonyl (C=O) groups is 1. The SMILES string of the molecule is CCCCCn1nnc(CCC(=O)O)n1. The van der Waals surface area contributed by atoms with Crippen LogP contribution in [0.5, 0.6) is 0 Å². The Morgan fingerprint density at radius 3 is 2.93 bits per heavy atom. The number of hydrogen-bond acceptors (Lipinski definition) is 4. The van der Waals surface area contributed by atoms with Crippen molar-refractivity contribution in [3.05, 3.63) is 5.82 Å². The van der Waals surface area contributed by atoms with Crippen LogP contribution in [0.3, 0.4) is 0 Å².